The van der Waals surface area contributed by atoms with E-state index in [0.29, 0.717) is 26.9 Å². The van der Waals surface area contributed by atoms with E-state index in [-0.39, 0.29) is 11.4 Å². The van der Waals surface area contributed by atoms with E-state index in [1.165, 1.54) is 35.8 Å². The minimum absolute atomic E-state index is 0.0757. The van der Waals surface area contributed by atoms with Gasteiger partial charge in [-0.3, -0.25) is 14.9 Å². The Morgan fingerprint density at radius 3 is 2.75 bits per heavy atom. The molecule has 2 heterocycles. The first-order valence-electron chi connectivity index (χ1n) is 8.08. The molecule has 1 aromatic carbocycles. The summed E-state index contributed by atoms with van der Waals surface area (Å²) in [6.45, 7) is 2.84. The first kappa shape index (κ1) is 19.2. The molecule has 0 aliphatic rings. The number of hydrogen-bond acceptors (Lipinski definition) is 8. The lowest BCUT2D eigenvalue weighted by atomic mass is 10.2. The minimum atomic E-state index is -0.720. The van der Waals surface area contributed by atoms with Crippen molar-refractivity contribution >= 4 is 34.6 Å². The molecule has 3 rings (SSSR count). The summed E-state index contributed by atoms with van der Waals surface area (Å²) in [5.41, 5.74) is 0.966. The Bertz CT molecular complexity index is 1040. The van der Waals surface area contributed by atoms with Crippen molar-refractivity contribution in [3.8, 4) is 10.8 Å². The molecule has 3 aromatic rings. The lowest BCUT2D eigenvalue weighted by Gasteiger charge is -2.08. The highest BCUT2D eigenvalue weighted by molar-refractivity contribution is 7.15. The Morgan fingerprint density at radius 1 is 1.32 bits per heavy atom. The second kappa shape index (κ2) is 8.01. The molecule has 0 fully saturated rings. The van der Waals surface area contributed by atoms with Crippen LogP contribution in [-0.2, 0) is 9.53 Å². The van der Waals surface area contributed by atoms with Gasteiger partial charge in [0.05, 0.1) is 11.2 Å². The van der Waals surface area contributed by atoms with Gasteiger partial charge in [-0.2, -0.15) is 0 Å². The molecule has 10 heteroatoms. The summed E-state index contributed by atoms with van der Waals surface area (Å²) < 4.78 is 10.3. The molecule has 0 saturated carbocycles. The number of anilines is 1. The number of rotatable bonds is 6. The molecule has 0 radical (unpaired) electrons. The van der Waals surface area contributed by atoms with Gasteiger partial charge in [-0.05, 0) is 37.6 Å². The molecule has 0 aliphatic carbocycles. The van der Waals surface area contributed by atoms with Gasteiger partial charge in [0, 0.05) is 22.7 Å². The van der Waals surface area contributed by atoms with E-state index in [4.69, 9.17) is 9.15 Å². The van der Waals surface area contributed by atoms with Gasteiger partial charge in [-0.1, -0.05) is 0 Å². The van der Waals surface area contributed by atoms with Crippen LogP contribution in [-0.4, -0.2) is 28.4 Å². The molecule has 2 aromatic heterocycles. The highest BCUT2D eigenvalue weighted by Crippen LogP contribution is 2.28. The summed E-state index contributed by atoms with van der Waals surface area (Å²) in [4.78, 5) is 39.4. The lowest BCUT2D eigenvalue weighted by molar-refractivity contribution is -0.384. The average molecular weight is 401 g/mol. The number of furan rings is 1. The predicted molar refractivity (Wildman–Crippen MR) is 101 cm³/mol. The number of aryl methyl sites for hydroxylation is 2. The zero-order valence-corrected chi connectivity index (χ0v) is 15.7. The third kappa shape index (κ3) is 4.23. The van der Waals surface area contributed by atoms with Crippen molar-refractivity contribution in [2.75, 3.05) is 11.9 Å². The minimum Gasteiger partial charge on any atom is -0.462 e. The number of esters is 1. The maximum Gasteiger partial charge on any atom is 0.358 e. The molecule has 0 unspecified atom stereocenters. The number of aromatic nitrogens is 1. The number of thiazole rings is 1. The standard InChI is InChI=1S/C18H15N3O6S/c1-10-8-12(21(24)25)5-6-13(10)19-15(22)9-27-18(23)16-11(2)28-17(20-16)14-4-3-7-26-14/h3-8H,9H2,1-2H3,(H,19,22). The zero-order chi connectivity index (χ0) is 20.3. The molecule has 9 nitrogen and oxygen atoms in total. The van der Waals surface area contributed by atoms with Crippen LogP contribution < -0.4 is 5.32 Å². The molecule has 28 heavy (non-hydrogen) atoms. The molecule has 0 spiro atoms. The summed E-state index contributed by atoms with van der Waals surface area (Å²) in [5, 5.41) is 13.8. The van der Waals surface area contributed by atoms with Crippen LogP contribution in [0.25, 0.3) is 10.8 Å². The Labute approximate surface area is 163 Å². The summed E-state index contributed by atoms with van der Waals surface area (Å²) in [6.07, 6.45) is 1.51. The number of hydrogen-bond donors (Lipinski definition) is 1. The molecular formula is C18H15N3O6S. The van der Waals surface area contributed by atoms with Gasteiger partial charge in [0.15, 0.2) is 23.1 Å². The Kier molecular flexibility index (Phi) is 5.50. The maximum atomic E-state index is 12.2. The molecule has 144 valence electrons. The third-order valence-corrected chi connectivity index (χ3v) is 4.74. The monoisotopic (exact) mass is 401 g/mol. The predicted octanol–water partition coefficient (Wildman–Crippen LogP) is 3.72. The van der Waals surface area contributed by atoms with E-state index in [1.54, 1.807) is 26.0 Å². The smallest absolute Gasteiger partial charge is 0.358 e. The Hall–Kier alpha value is -3.53. The summed E-state index contributed by atoms with van der Waals surface area (Å²) in [5.74, 6) is -0.745. The number of benzene rings is 1. The molecule has 0 atom stereocenters. The summed E-state index contributed by atoms with van der Waals surface area (Å²) >= 11 is 1.28. The quantitative estimate of drug-likeness (QED) is 0.379. The SMILES string of the molecule is Cc1cc([N+](=O)[O-])ccc1NC(=O)COC(=O)c1nc(-c2ccco2)sc1C. The highest BCUT2D eigenvalue weighted by atomic mass is 32.1. The summed E-state index contributed by atoms with van der Waals surface area (Å²) in [6, 6.07) is 7.50. The topological polar surface area (TPSA) is 125 Å². The van der Waals surface area contributed by atoms with Crippen LogP contribution >= 0.6 is 11.3 Å². The number of ether oxygens (including phenoxy) is 1. The van der Waals surface area contributed by atoms with Crippen molar-refractivity contribution in [3.05, 3.63) is 62.8 Å². The van der Waals surface area contributed by atoms with Crippen molar-refractivity contribution in [3.63, 3.8) is 0 Å². The molecular weight excluding hydrogens is 386 g/mol. The number of non-ortho nitro benzene ring substituents is 1. The lowest BCUT2D eigenvalue weighted by Crippen LogP contribution is -2.21. The number of nitro groups is 1. The van der Waals surface area contributed by atoms with E-state index >= 15 is 0 Å². The molecule has 0 aliphatic heterocycles. The average Bonchev–Trinajstić information content (AvgIpc) is 3.30. The van der Waals surface area contributed by atoms with E-state index in [2.05, 4.69) is 10.3 Å². The zero-order valence-electron chi connectivity index (χ0n) is 14.9. The highest BCUT2D eigenvalue weighted by Gasteiger charge is 2.20. The van der Waals surface area contributed by atoms with Gasteiger partial charge in [-0.15, -0.1) is 11.3 Å². The van der Waals surface area contributed by atoms with E-state index < -0.39 is 23.4 Å². The maximum absolute atomic E-state index is 12.2. The van der Waals surface area contributed by atoms with Gasteiger partial charge < -0.3 is 14.5 Å². The van der Waals surface area contributed by atoms with Crippen LogP contribution in [0.3, 0.4) is 0 Å². The largest absolute Gasteiger partial charge is 0.462 e. The third-order valence-electron chi connectivity index (χ3n) is 3.75. The second-order valence-corrected chi connectivity index (χ2v) is 6.98. The van der Waals surface area contributed by atoms with Crippen molar-refractivity contribution < 1.29 is 23.7 Å². The van der Waals surface area contributed by atoms with Crippen LogP contribution in [0.1, 0.15) is 20.9 Å². The van der Waals surface area contributed by atoms with Crippen molar-refractivity contribution in [1.82, 2.24) is 4.98 Å². The molecule has 0 saturated heterocycles. The number of nitro benzene ring substituents is 1. The fourth-order valence-corrected chi connectivity index (χ4v) is 3.25. The second-order valence-electron chi connectivity index (χ2n) is 5.78. The van der Waals surface area contributed by atoms with E-state index in [0.717, 1.165) is 0 Å². The van der Waals surface area contributed by atoms with Crippen molar-refractivity contribution in [1.29, 1.82) is 0 Å². The van der Waals surface area contributed by atoms with Gasteiger partial charge in [-0.25, -0.2) is 9.78 Å². The van der Waals surface area contributed by atoms with Gasteiger partial charge in [0.25, 0.3) is 11.6 Å². The van der Waals surface area contributed by atoms with E-state index in [9.17, 15) is 19.7 Å². The first-order valence-corrected chi connectivity index (χ1v) is 8.90. The number of nitrogens with zero attached hydrogens (tertiary/aromatic N) is 2. The first-order chi connectivity index (χ1) is 13.3. The molecule has 1 N–H and O–H groups in total. The number of nitrogens with one attached hydrogen (secondary N) is 1. The van der Waals surface area contributed by atoms with Crippen LogP contribution in [0.2, 0.25) is 0 Å². The number of carbonyl (C=O) groups excluding carboxylic acids is 2. The Balaban J connectivity index is 1.60. The Morgan fingerprint density at radius 2 is 2.11 bits per heavy atom. The number of amides is 1. The van der Waals surface area contributed by atoms with Gasteiger partial charge in [0.2, 0.25) is 0 Å². The number of carbonyl (C=O) groups is 2. The van der Waals surface area contributed by atoms with Crippen LogP contribution in [0.4, 0.5) is 11.4 Å². The molecule has 0 bridgehead atoms. The normalized spacial score (nSPS) is 10.5. The van der Waals surface area contributed by atoms with Crippen LogP contribution in [0.15, 0.2) is 41.0 Å². The van der Waals surface area contributed by atoms with Crippen molar-refractivity contribution in [2.45, 2.75) is 13.8 Å². The fraction of sp³-hybridized carbons (Fsp3) is 0.167. The molecule has 1 amide bonds. The van der Waals surface area contributed by atoms with Gasteiger partial charge in [0.1, 0.15) is 0 Å². The van der Waals surface area contributed by atoms with Crippen molar-refractivity contribution in [2.24, 2.45) is 0 Å². The van der Waals surface area contributed by atoms with E-state index in [1.807, 2.05) is 0 Å². The van der Waals surface area contributed by atoms with Crippen LogP contribution in [0, 0.1) is 24.0 Å². The van der Waals surface area contributed by atoms with Crippen LogP contribution in [0.5, 0.6) is 0 Å². The fourth-order valence-electron chi connectivity index (χ4n) is 2.38. The summed E-state index contributed by atoms with van der Waals surface area (Å²) in [7, 11) is 0. The van der Waals surface area contributed by atoms with Gasteiger partial charge >= 0.3 is 5.97 Å².